The molecule has 7 nitrogen and oxygen atoms in total. The molecule has 0 radical (unpaired) electrons. The molecule has 2 amide bonds. The Kier molecular flexibility index (Phi) is 9.94. The molecule has 0 heterocycles. The quantitative estimate of drug-likeness (QED) is 0.362. The van der Waals surface area contributed by atoms with E-state index in [0.717, 1.165) is 21.0 Å². The molecule has 0 bridgehead atoms. The number of halogens is 1. The van der Waals surface area contributed by atoms with Crippen LogP contribution in [-0.2, 0) is 32.6 Å². The summed E-state index contributed by atoms with van der Waals surface area (Å²) in [7, 11) is -2.59. The first-order valence-corrected chi connectivity index (χ1v) is 14.4. The number of nitrogens with one attached hydrogen (secondary N) is 1. The van der Waals surface area contributed by atoms with Gasteiger partial charge in [0.2, 0.25) is 11.8 Å². The fourth-order valence-electron chi connectivity index (χ4n) is 4.28. The maximum atomic E-state index is 14.0. The van der Waals surface area contributed by atoms with Crippen LogP contribution in [0.1, 0.15) is 37.0 Å². The Balaban J connectivity index is 2.09. The molecule has 0 spiro atoms. The van der Waals surface area contributed by atoms with Crippen molar-refractivity contribution in [3.63, 3.8) is 0 Å². The highest BCUT2D eigenvalue weighted by atomic mass is 35.5. The predicted molar refractivity (Wildman–Crippen MR) is 152 cm³/mol. The van der Waals surface area contributed by atoms with E-state index >= 15 is 0 Å². The topological polar surface area (TPSA) is 86.8 Å². The molecule has 0 saturated carbocycles. The van der Waals surface area contributed by atoms with Gasteiger partial charge in [-0.25, -0.2) is 8.42 Å². The number of amides is 2. The van der Waals surface area contributed by atoms with Crippen LogP contribution in [0.2, 0.25) is 5.02 Å². The van der Waals surface area contributed by atoms with Crippen LogP contribution in [0.5, 0.6) is 0 Å². The van der Waals surface area contributed by atoms with E-state index in [1.54, 1.807) is 60.7 Å². The van der Waals surface area contributed by atoms with Gasteiger partial charge >= 0.3 is 0 Å². The molecule has 0 fully saturated rings. The second-order valence-electron chi connectivity index (χ2n) is 8.99. The number of anilines is 1. The smallest absolute Gasteiger partial charge is 0.264 e. The standard InChI is InChI=1S/C29H34ClN3O4S/c1-5-23-9-7-8-10-27(23)33(38(36,37)25-17-11-21(3)12-18-25)20-28(34)32(26(6-2)29(35)31-4)19-22-13-15-24(30)16-14-22/h7-18,26H,5-6,19-20H2,1-4H3,(H,31,35). The molecule has 1 N–H and O–H groups in total. The maximum Gasteiger partial charge on any atom is 0.264 e. The van der Waals surface area contributed by atoms with Gasteiger partial charge in [-0.15, -0.1) is 0 Å². The van der Waals surface area contributed by atoms with E-state index in [4.69, 9.17) is 11.6 Å². The van der Waals surface area contributed by atoms with Gasteiger partial charge < -0.3 is 10.2 Å². The van der Waals surface area contributed by atoms with Crippen molar-refractivity contribution >= 4 is 39.1 Å². The Morgan fingerprint density at radius 2 is 1.58 bits per heavy atom. The minimum absolute atomic E-state index is 0.0874. The average molecular weight is 556 g/mol. The maximum absolute atomic E-state index is 14.0. The van der Waals surface area contributed by atoms with Crippen LogP contribution < -0.4 is 9.62 Å². The summed E-state index contributed by atoms with van der Waals surface area (Å²) in [5.41, 5.74) is 2.92. The number of aryl methyl sites for hydroxylation is 2. The molecule has 3 rings (SSSR count). The van der Waals surface area contributed by atoms with Crippen molar-refractivity contribution in [3.8, 4) is 0 Å². The largest absolute Gasteiger partial charge is 0.357 e. The number of carbonyl (C=O) groups is 2. The van der Waals surface area contributed by atoms with E-state index in [9.17, 15) is 18.0 Å². The fraction of sp³-hybridized carbons (Fsp3) is 0.310. The highest BCUT2D eigenvalue weighted by molar-refractivity contribution is 7.92. The van der Waals surface area contributed by atoms with Crippen molar-refractivity contribution in [2.45, 2.75) is 51.1 Å². The van der Waals surface area contributed by atoms with E-state index in [0.29, 0.717) is 23.6 Å². The summed E-state index contributed by atoms with van der Waals surface area (Å²) >= 11 is 6.04. The van der Waals surface area contributed by atoms with Crippen LogP contribution in [0, 0.1) is 6.92 Å². The first-order chi connectivity index (χ1) is 18.1. The van der Waals surface area contributed by atoms with E-state index in [2.05, 4.69) is 5.32 Å². The molecule has 1 unspecified atom stereocenters. The van der Waals surface area contributed by atoms with Gasteiger partial charge in [-0.3, -0.25) is 13.9 Å². The van der Waals surface area contributed by atoms with Gasteiger partial charge in [0, 0.05) is 18.6 Å². The first-order valence-electron chi connectivity index (χ1n) is 12.5. The molecule has 1 atom stereocenters. The lowest BCUT2D eigenvalue weighted by Gasteiger charge is -2.33. The van der Waals surface area contributed by atoms with Crippen LogP contribution in [0.25, 0.3) is 0 Å². The number of hydrogen-bond donors (Lipinski definition) is 1. The van der Waals surface area contributed by atoms with Crippen molar-refractivity contribution in [1.29, 1.82) is 0 Å². The zero-order chi connectivity index (χ0) is 27.9. The number of carbonyl (C=O) groups excluding carboxylic acids is 2. The third-order valence-corrected chi connectivity index (χ3v) is 8.45. The fourth-order valence-corrected chi connectivity index (χ4v) is 5.85. The van der Waals surface area contributed by atoms with E-state index in [-0.39, 0.29) is 17.3 Å². The minimum atomic E-state index is -4.10. The summed E-state index contributed by atoms with van der Waals surface area (Å²) in [6.45, 7) is 5.28. The van der Waals surface area contributed by atoms with Gasteiger partial charge in [0.15, 0.2) is 0 Å². The first kappa shape index (κ1) is 29.2. The number of para-hydroxylation sites is 1. The third kappa shape index (κ3) is 6.74. The summed E-state index contributed by atoms with van der Waals surface area (Å²) in [6, 6.07) is 19.9. The molecule has 0 aliphatic carbocycles. The highest BCUT2D eigenvalue weighted by Crippen LogP contribution is 2.28. The zero-order valence-electron chi connectivity index (χ0n) is 22.1. The Hall–Kier alpha value is -3.36. The minimum Gasteiger partial charge on any atom is -0.357 e. The van der Waals surface area contributed by atoms with Crippen LogP contribution in [-0.4, -0.2) is 44.8 Å². The molecular weight excluding hydrogens is 522 g/mol. The summed E-state index contributed by atoms with van der Waals surface area (Å²) in [4.78, 5) is 28.3. The molecular formula is C29H34ClN3O4S. The molecule has 3 aromatic carbocycles. The molecule has 0 aliphatic rings. The van der Waals surface area contributed by atoms with Gasteiger partial charge in [0.25, 0.3) is 10.0 Å². The number of likely N-dealkylation sites (N-methyl/N-ethyl adjacent to an activating group) is 1. The van der Waals surface area contributed by atoms with Crippen LogP contribution in [0.15, 0.2) is 77.7 Å². The SMILES string of the molecule is CCc1ccccc1N(CC(=O)N(Cc1ccc(Cl)cc1)C(CC)C(=O)NC)S(=O)(=O)c1ccc(C)cc1. The molecule has 0 aliphatic heterocycles. The molecule has 0 aromatic heterocycles. The summed E-state index contributed by atoms with van der Waals surface area (Å²) in [5, 5.41) is 3.18. The lowest BCUT2D eigenvalue weighted by atomic mass is 10.1. The van der Waals surface area contributed by atoms with E-state index < -0.39 is 28.5 Å². The molecule has 9 heteroatoms. The average Bonchev–Trinajstić information content (AvgIpc) is 2.92. The zero-order valence-corrected chi connectivity index (χ0v) is 23.7. The molecule has 202 valence electrons. The van der Waals surface area contributed by atoms with Crippen molar-refractivity contribution in [1.82, 2.24) is 10.2 Å². The monoisotopic (exact) mass is 555 g/mol. The van der Waals surface area contributed by atoms with Gasteiger partial charge in [-0.05, 0) is 61.2 Å². The number of sulfonamides is 1. The van der Waals surface area contributed by atoms with Gasteiger partial charge in [-0.1, -0.05) is 73.5 Å². The Bertz CT molecular complexity index is 1360. The summed E-state index contributed by atoms with van der Waals surface area (Å²) in [5.74, 6) is -0.811. The normalized spacial score (nSPS) is 12.0. The van der Waals surface area contributed by atoms with Crippen LogP contribution in [0.4, 0.5) is 5.69 Å². The summed E-state index contributed by atoms with van der Waals surface area (Å²) in [6.07, 6.45) is 0.934. The lowest BCUT2D eigenvalue weighted by Crippen LogP contribution is -2.51. The number of benzene rings is 3. The van der Waals surface area contributed by atoms with Gasteiger partial charge in [0.1, 0.15) is 12.6 Å². The Labute approximate surface area is 230 Å². The van der Waals surface area contributed by atoms with Crippen molar-refractivity contribution < 1.29 is 18.0 Å². The van der Waals surface area contributed by atoms with Crippen molar-refractivity contribution in [2.24, 2.45) is 0 Å². The third-order valence-electron chi connectivity index (χ3n) is 6.43. The van der Waals surface area contributed by atoms with Crippen molar-refractivity contribution in [3.05, 3.63) is 94.5 Å². The molecule has 38 heavy (non-hydrogen) atoms. The van der Waals surface area contributed by atoms with Gasteiger partial charge in [-0.2, -0.15) is 0 Å². The molecule has 0 saturated heterocycles. The Morgan fingerprint density at radius 3 is 2.16 bits per heavy atom. The second kappa shape index (κ2) is 12.9. The van der Waals surface area contributed by atoms with E-state index in [1.807, 2.05) is 32.9 Å². The highest BCUT2D eigenvalue weighted by Gasteiger charge is 2.34. The predicted octanol–water partition coefficient (Wildman–Crippen LogP) is 4.96. The number of nitrogens with zero attached hydrogens (tertiary/aromatic N) is 2. The second-order valence-corrected chi connectivity index (χ2v) is 11.3. The van der Waals surface area contributed by atoms with Gasteiger partial charge in [0.05, 0.1) is 10.6 Å². The summed E-state index contributed by atoms with van der Waals surface area (Å²) < 4.78 is 29.1. The van der Waals surface area contributed by atoms with Crippen LogP contribution in [0.3, 0.4) is 0 Å². The van der Waals surface area contributed by atoms with Crippen LogP contribution >= 0.6 is 11.6 Å². The van der Waals surface area contributed by atoms with Crippen molar-refractivity contribution in [2.75, 3.05) is 17.9 Å². The number of rotatable bonds is 11. The van der Waals surface area contributed by atoms with E-state index in [1.165, 1.54) is 11.9 Å². The number of hydrogen-bond acceptors (Lipinski definition) is 4. The molecule has 3 aromatic rings. The Morgan fingerprint density at radius 1 is 0.947 bits per heavy atom. The lowest BCUT2D eigenvalue weighted by molar-refractivity contribution is -0.140.